The summed E-state index contributed by atoms with van der Waals surface area (Å²) in [6.07, 6.45) is 2.39. The minimum absolute atomic E-state index is 0.134. The molecule has 0 atom stereocenters. The Morgan fingerprint density at radius 2 is 2.18 bits per heavy atom. The van der Waals surface area contributed by atoms with Crippen molar-refractivity contribution >= 4 is 30.6 Å². The van der Waals surface area contributed by atoms with Crippen LogP contribution in [-0.4, -0.2) is 19.6 Å². The van der Waals surface area contributed by atoms with E-state index in [1.807, 2.05) is 6.07 Å². The molecule has 0 fully saturated rings. The first kappa shape index (κ1) is 10.9. The molecule has 0 spiro atoms. The van der Waals surface area contributed by atoms with Gasteiger partial charge in [-0.05, 0) is 17.7 Å². The van der Waals surface area contributed by atoms with Gasteiger partial charge < -0.3 is 9.30 Å². The van der Waals surface area contributed by atoms with E-state index >= 15 is 0 Å². The minimum Gasteiger partial charge on any atom is -0.493 e. The van der Waals surface area contributed by atoms with Crippen LogP contribution in [0.5, 0.6) is 5.75 Å². The monoisotopic (exact) mass is 271 g/mol. The summed E-state index contributed by atoms with van der Waals surface area (Å²) in [6, 6.07) is 3.72. The molecule has 90 valence electrons. The summed E-state index contributed by atoms with van der Waals surface area (Å²) < 4.78 is 30.1. The average Bonchev–Trinajstić information content (AvgIpc) is 2.79. The summed E-state index contributed by atoms with van der Waals surface area (Å²) in [6.45, 7) is 0.647. The van der Waals surface area contributed by atoms with Gasteiger partial charge >= 0.3 is 0 Å². The van der Waals surface area contributed by atoms with Crippen molar-refractivity contribution in [3.63, 3.8) is 0 Å². The average molecular weight is 272 g/mol. The maximum Gasteiger partial charge on any atom is 0.263 e. The van der Waals surface area contributed by atoms with Crippen molar-refractivity contribution in [2.45, 2.75) is 11.3 Å². The molecule has 2 heterocycles. The van der Waals surface area contributed by atoms with Crippen LogP contribution in [0.3, 0.4) is 0 Å². The van der Waals surface area contributed by atoms with Gasteiger partial charge in [-0.15, -0.1) is 0 Å². The first-order valence-corrected chi connectivity index (χ1v) is 7.47. The molecule has 1 aliphatic rings. The van der Waals surface area contributed by atoms with E-state index in [2.05, 4.69) is 0 Å². The number of rotatable bonds is 1. The van der Waals surface area contributed by atoms with E-state index in [1.54, 1.807) is 17.7 Å². The van der Waals surface area contributed by atoms with Crippen LogP contribution in [-0.2, 0) is 22.5 Å². The Morgan fingerprint density at radius 1 is 1.41 bits per heavy atom. The first-order chi connectivity index (χ1) is 7.97. The number of halogens is 1. The largest absolute Gasteiger partial charge is 0.493 e. The normalized spacial score (nSPS) is 14.9. The van der Waals surface area contributed by atoms with Crippen LogP contribution < -0.4 is 4.74 Å². The third kappa shape index (κ3) is 1.61. The molecule has 0 unspecified atom stereocenters. The summed E-state index contributed by atoms with van der Waals surface area (Å²) in [7, 11) is 3.49. The van der Waals surface area contributed by atoms with E-state index < -0.39 is 9.05 Å². The third-order valence-corrected chi connectivity index (χ3v) is 4.38. The Kier molecular flexibility index (Phi) is 2.18. The van der Waals surface area contributed by atoms with Crippen LogP contribution in [0.2, 0.25) is 0 Å². The molecular weight excluding hydrogens is 262 g/mol. The molecule has 1 aliphatic heterocycles. The van der Waals surface area contributed by atoms with Crippen LogP contribution >= 0.6 is 10.7 Å². The molecule has 0 amide bonds. The number of fused-ring (bicyclic) bond motifs is 2. The second kappa shape index (κ2) is 3.40. The van der Waals surface area contributed by atoms with Crippen LogP contribution in [0.1, 0.15) is 5.56 Å². The van der Waals surface area contributed by atoms with Gasteiger partial charge in [0.15, 0.2) is 0 Å². The highest BCUT2D eigenvalue weighted by molar-refractivity contribution is 8.14. The molecule has 2 aromatic rings. The Bertz CT molecular complexity index is 718. The van der Waals surface area contributed by atoms with E-state index in [-0.39, 0.29) is 4.90 Å². The smallest absolute Gasteiger partial charge is 0.263 e. The Morgan fingerprint density at radius 3 is 2.88 bits per heavy atom. The Labute approximate surface area is 103 Å². The fourth-order valence-corrected chi connectivity index (χ4v) is 3.29. The highest BCUT2D eigenvalue weighted by Crippen LogP contribution is 2.35. The lowest BCUT2D eigenvalue weighted by atomic mass is 10.1. The van der Waals surface area contributed by atoms with Crippen LogP contribution in [0.25, 0.3) is 10.9 Å². The van der Waals surface area contributed by atoms with Gasteiger partial charge in [-0.25, -0.2) is 8.42 Å². The molecule has 1 aromatic carbocycles. The number of ether oxygens (including phenoxy) is 1. The maximum absolute atomic E-state index is 11.5. The molecular formula is C11H10ClNO3S. The Balaban J connectivity index is 2.41. The predicted molar refractivity (Wildman–Crippen MR) is 65.2 cm³/mol. The highest BCUT2D eigenvalue weighted by Gasteiger charge is 2.21. The molecule has 0 saturated heterocycles. The van der Waals surface area contributed by atoms with Gasteiger partial charge in [0.25, 0.3) is 9.05 Å². The van der Waals surface area contributed by atoms with E-state index in [9.17, 15) is 8.42 Å². The molecule has 1 aromatic heterocycles. The highest BCUT2D eigenvalue weighted by atomic mass is 35.7. The zero-order valence-electron chi connectivity index (χ0n) is 9.10. The molecule has 0 bridgehead atoms. The second-order valence-electron chi connectivity index (χ2n) is 4.12. The third-order valence-electron chi connectivity index (χ3n) is 3.03. The number of benzene rings is 1. The van der Waals surface area contributed by atoms with Gasteiger partial charge in [0.2, 0.25) is 0 Å². The van der Waals surface area contributed by atoms with Gasteiger partial charge in [-0.3, -0.25) is 0 Å². The van der Waals surface area contributed by atoms with Crippen LogP contribution in [0.15, 0.2) is 23.2 Å². The number of nitrogens with zero attached hydrogens (tertiary/aromatic N) is 1. The van der Waals surface area contributed by atoms with E-state index in [0.717, 1.165) is 23.3 Å². The van der Waals surface area contributed by atoms with Gasteiger partial charge in [-0.1, -0.05) is 0 Å². The lowest BCUT2D eigenvalue weighted by Crippen LogP contribution is -1.89. The lowest BCUT2D eigenvalue weighted by molar-refractivity contribution is 0.357. The number of hydrogen-bond donors (Lipinski definition) is 0. The number of hydrogen-bond acceptors (Lipinski definition) is 3. The summed E-state index contributed by atoms with van der Waals surface area (Å²) >= 11 is 0. The van der Waals surface area contributed by atoms with Crippen molar-refractivity contribution < 1.29 is 13.2 Å². The van der Waals surface area contributed by atoms with Gasteiger partial charge in [0.1, 0.15) is 10.6 Å². The number of aromatic nitrogens is 1. The zero-order valence-corrected chi connectivity index (χ0v) is 10.7. The summed E-state index contributed by atoms with van der Waals surface area (Å²) in [4.78, 5) is 0.134. The summed E-state index contributed by atoms with van der Waals surface area (Å²) in [5.74, 6) is 0.755. The van der Waals surface area contributed by atoms with Gasteiger partial charge in [0, 0.05) is 41.3 Å². The van der Waals surface area contributed by atoms with Gasteiger partial charge in [-0.2, -0.15) is 0 Å². The fraction of sp³-hybridized carbons (Fsp3) is 0.273. The molecule has 17 heavy (non-hydrogen) atoms. The maximum atomic E-state index is 11.5. The first-order valence-electron chi connectivity index (χ1n) is 5.16. The minimum atomic E-state index is -3.73. The number of aryl methyl sites for hydroxylation is 1. The molecule has 4 nitrogen and oxygen atoms in total. The van der Waals surface area contributed by atoms with Crippen molar-refractivity contribution in [3.8, 4) is 5.75 Å². The van der Waals surface area contributed by atoms with Crippen LogP contribution in [0.4, 0.5) is 0 Å². The van der Waals surface area contributed by atoms with Crippen molar-refractivity contribution in [1.29, 1.82) is 0 Å². The van der Waals surface area contributed by atoms with Crippen LogP contribution in [0, 0.1) is 0 Å². The van der Waals surface area contributed by atoms with E-state index in [1.165, 1.54) is 6.20 Å². The van der Waals surface area contributed by atoms with Crippen molar-refractivity contribution in [1.82, 2.24) is 4.57 Å². The van der Waals surface area contributed by atoms with Crippen molar-refractivity contribution in [2.24, 2.45) is 7.05 Å². The fourth-order valence-electron chi connectivity index (χ4n) is 2.21. The second-order valence-corrected chi connectivity index (χ2v) is 6.65. The van der Waals surface area contributed by atoms with Gasteiger partial charge in [0.05, 0.1) is 6.61 Å². The summed E-state index contributed by atoms with van der Waals surface area (Å²) in [5, 5.41) is 0.614. The molecule has 3 rings (SSSR count). The SMILES string of the molecule is Cn1cc(S(=O)(=O)Cl)c2cc3c(cc21)CCO3. The van der Waals surface area contributed by atoms with E-state index in [4.69, 9.17) is 15.4 Å². The Hall–Kier alpha value is -1.20. The molecule has 6 heteroatoms. The van der Waals surface area contributed by atoms with Crippen molar-refractivity contribution in [3.05, 3.63) is 23.9 Å². The molecule has 0 saturated carbocycles. The molecule has 0 radical (unpaired) electrons. The topological polar surface area (TPSA) is 48.3 Å². The predicted octanol–water partition coefficient (Wildman–Crippen LogP) is 2.04. The lowest BCUT2D eigenvalue weighted by Gasteiger charge is -2.01. The summed E-state index contributed by atoms with van der Waals surface area (Å²) in [5.41, 5.74) is 1.96. The van der Waals surface area contributed by atoms with E-state index in [0.29, 0.717) is 12.0 Å². The van der Waals surface area contributed by atoms with Crippen molar-refractivity contribution in [2.75, 3.05) is 6.61 Å². The standard InChI is InChI=1S/C11H10ClNO3S/c1-13-6-11(17(12,14)15)8-5-10-7(2-3-16-10)4-9(8)13/h4-6H,2-3H2,1H3. The molecule has 0 aliphatic carbocycles. The quantitative estimate of drug-likeness (QED) is 0.746. The molecule has 0 N–H and O–H groups in total. The zero-order chi connectivity index (χ0) is 12.2.